The quantitative estimate of drug-likeness (QED) is 0.866. The Kier molecular flexibility index (Phi) is 4.28. The molecule has 0 atom stereocenters. The smallest absolute Gasteiger partial charge is 0.341 e. The fraction of sp³-hybridized carbons (Fsp3) is 0.0714. The number of carbonyl (C=O) groups excluding carboxylic acids is 1. The van der Waals surface area contributed by atoms with E-state index in [9.17, 15) is 9.59 Å². The molecule has 1 aromatic carbocycles. The van der Waals surface area contributed by atoms with Crippen LogP contribution in [0.15, 0.2) is 48.7 Å². The van der Waals surface area contributed by atoms with Gasteiger partial charge in [0.25, 0.3) is 5.91 Å². The standard InChI is InChI=1S/C14H12N2O4/c17-13(18)9-20-11-5-3-4-10(8-11)16-14(19)12-6-1-2-7-15-12/h1-8H,9H2,(H,16,19)(H,17,18). The maximum Gasteiger partial charge on any atom is 0.341 e. The molecule has 0 saturated carbocycles. The predicted molar refractivity (Wildman–Crippen MR) is 71.8 cm³/mol. The number of aliphatic carboxylic acids is 1. The molecule has 6 nitrogen and oxygen atoms in total. The van der Waals surface area contributed by atoms with E-state index in [0.717, 1.165) is 0 Å². The highest BCUT2D eigenvalue weighted by Crippen LogP contribution is 2.17. The van der Waals surface area contributed by atoms with Crippen LogP contribution in [0, 0.1) is 0 Å². The number of benzene rings is 1. The van der Waals surface area contributed by atoms with Crippen LogP contribution < -0.4 is 10.1 Å². The van der Waals surface area contributed by atoms with Crippen molar-refractivity contribution >= 4 is 17.6 Å². The van der Waals surface area contributed by atoms with Gasteiger partial charge in [-0.25, -0.2) is 4.79 Å². The van der Waals surface area contributed by atoms with E-state index in [0.29, 0.717) is 17.1 Å². The van der Waals surface area contributed by atoms with E-state index in [4.69, 9.17) is 9.84 Å². The van der Waals surface area contributed by atoms with Crippen LogP contribution in [0.4, 0.5) is 5.69 Å². The van der Waals surface area contributed by atoms with Gasteiger partial charge < -0.3 is 15.2 Å². The van der Waals surface area contributed by atoms with Gasteiger partial charge in [0.1, 0.15) is 11.4 Å². The average molecular weight is 272 g/mol. The van der Waals surface area contributed by atoms with Crippen LogP contribution in [0.1, 0.15) is 10.5 Å². The zero-order valence-corrected chi connectivity index (χ0v) is 10.4. The molecule has 0 aliphatic carbocycles. The van der Waals surface area contributed by atoms with Crippen molar-refractivity contribution in [3.05, 3.63) is 54.4 Å². The van der Waals surface area contributed by atoms with E-state index in [1.165, 1.54) is 6.20 Å². The van der Waals surface area contributed by atoms with Gasteiger partial charge in [0.15, 0.2) is 6.61 Å². The first-order valence-electron chi connectivity index (χ1n) is 5.82. The minimum Gasteiger partial charge on any atom is -0.482 e. The van der Waals surface area contributed by atoms with Crippen molar-refractivity contribution in [2.75, 3.05) is 11.9 Å². The third kappa shape index (κ3) is 3.81. The first-order chi connectivity index (χ1) is 9.65. The number of rotatable bonds is 5. The van der Waals surface area contributed by atoms with Gasteiger partial charge >= 0.3 is 5.97 Å². The van der Waals surface area contributed by atoms with Crippen molar-refractivity contribution in [1.82, 2.24) is 4.98 Å². The average Bonchev–Trinajstić information content (AvgIpc) is 2.46. The molecular weight excluding hydrogens is 260 g/mol. The lowest BCUT2D eigenvalue weighted by Gasteiger charge is -2.07. The number of carboxylic acids is 1. The SMILES string of the molecule is O=C(O)COc1cccc(NC(=O)c2ccccn2)c1. The van der Waals surface area contributed by atoms with Gasteiger partial charge in [-0.2, -0.15) is 0 Å². The van der Waals surface area contributed by atoms with Crippen molar-refractivity contribution in [1.29, 1.82) is 0 Å². The van der Waals surface area contributed by atoms with E-state index in [-0.39, 0.29) is 5.91 Å². The van der Waals surface area contributed by atoms with Gasteiger partial charge in [0.2, 0.25) is 0 Å². The molecule has 0 saturated heterocycles. The summed E-state index contributed by atoms with van der Waals surface area (Å²) in [5.74, 6) is -1.04. The van der Waals surface area contributed by atoms with Crippen LogP contribution in [-0.2, 0) is 4.79 Å². The molecule has 2 N–H and O–H groups in total. The van der Waals surface area contributed by atoms with Gasteiger partial charge in [0, 0.05) is 18.0 Å². The van der Waals surface area contributed by atoms with Crippen LogP contribution in [0.3, 0.4) is 0 Å². The molecular formula is C14H12N2O4. The molecule has 6 heteroatoms. The number of carboxylic acid groups (broad SMARTS) is 1. The second kappa shape index (κ2) is 6.33. The molecule has 20 heavy (non-hydrogen) atoms. The molecule has 0 bridgehead atoms. The number of amides is 1. The summed E-state index contributed by atoms with van der Waals surface area (Å²) in [7, 11) is 0. The Bertz CT molecular complexity index is 614. The molecule has 1 heterocycles. The molecule has 0 fully saturated rings. The van der Waals surface area contributed by atoms with E-state index >= 15 is 0 Å². The maximum atomic E-state index is 11.9. The molecule has 2 rings (SSSR count). The number of pyridine rings is 1. The number of carbonyl (C=O) groups is 2. The van der Waals surface area contributed by atoms with Crippen molar-refractivity contribution in [2.45, 2.75) is 0 Å². The largest absolute Gasteiger partial charge is 0.482 e. The Morgan fingerprint density at radius 2 is 2.05 bits per heavy atom. The highest BCUT2D eigenvalue weighted by Gasteiger charge is 2.07. The Hall–Kier alpha value is -2.89. The normalized spacial score (nSPS) is 9.80. The number of hydrogen-bond donors (Lipinski definition) is 2. The molecule has 0 radical (unpaired) electrons. The van der Waals surface area contributed by atoms with Crippen molar-refractivity contribution in [2.24, 2.45) is 0 Å². The highest BCUT2D eigenvalue weighted by molar-refractivity contribution is 6.02. The summed E-state index contributed by atoms with van der Waals surface area (Å²) in [6.45, 7) is -0.433. The van der Waals surface area contributed by atoms with Crippen molar-refractivity contribution in [3.63, 3.8) is 0 Å². The fourth-order valence-electron chi connectivity index (χ4n) is 1.50. The molecule has 1 aromatic heterocycles. The molecule has 102 valence electrons. The van der Waals surface area contributed by atoms with E-state index < -0.39 is 12.6 Å². The third-order valence-corrected chi connectivity index (χ3v) is 2.35. The second-order valence-electron chi connectivity index (χ2n) is 3.88. The minimum absolute atomic E-state index is 0.296. The van der Waals surface area contributed by atoms with Gasteiger partial charge in [-0.3, -0.25) is 9.78 Å². The van der Waals surface area contributed by atoms with E-state index in [2.05, 4.69) is 10.3 Å². The number of hydrogen-bond acceptors (Lipinski definition) is 4. The van der Waals surface area contributed by atoms with Crippen molar-refractivity contribution in [3.8, 4) is 5.75 Å². The van der Waals surface area contributed by atoms with Gasteiger partial charge in [-0.05, 0) is 24.3 Å². The lowest BCUT2D eigenvalue weighted by atomic mass is 10.2. The van der Waals surface area contributed by atoms with Crippen LogP contribution >= 0.6 is 0 Å². The summed E-state index contributed by atoms with van der Waals surface area (Å²) in [6.07, 6.45) is 1.53. The molecule has 0 spiro atoms. The van der Waals surface area contributed by atoms with Crippen molar-refractivity contribution < 1.29 is 19.4 Å². The highest BCUT2D eigenvalue weighted by atomic mass is 16.5. The zero-order valence-electron chi connectivity index (χ0n) is 10.4. The van der Waals surface area contributed by atoms with E-state index in [1.54, 1.807) is 42.5 Å². The summed E-state index contributed by atoms with van der Waals surface area (Å²) in [6, 6.07) is 11.5. The van der Waals surface area contributed by atoms with Crippen LogP contribution in [-0.4, -0.2) is 28.6 Å². The first-order valence-corrected chi connectivity index (χ1v) is 5.82. The summed E-state index contributed by atoms with van der Waals surface area (Å²) in [4.78, 5) is 26.2. The Balaban J connectivity index is 2.04. The summed E-state index contributed by atoms with van der Waals surface area (Å²) >= 11 is 0. The first kappa shape index (κ1) is 13.5. The molecule has 2 aromatic rings. The van der Waals surface area contributed by atoms with Gasteiger partial charge in [-0.15, -0.1) is 0 Å². The van der Waals surface area contributed by atoms with Crippen LogP contribution in [0.25, 0.3) is 0 Å². The molecule has 1 amide bonds. The summed E-state index contributed by atoms with van der Waals surface area (Å²) in [5, 5.41) is 11.2. The van der Waals surface area contributed by atoms with Gasteiger partial charge in [-0.1, -0.05) is 12.1 Å². The fourth-order valence-corrected chi connectivity index (χ4v) is 1.50. The predicted octanol–water partition coefficient (Wildman–Crippen LogP) is 1.80. The number of ether oxygens (including phenoxy) is 1. The van der Waals surface area contributed by atoms with Crippen LogP contribution in [0.5, 0.6) is 5.75 Å². The molecule has 0 aliphatic rings. The minimum atomic E-state index is -1.06. The summed E-state index contributed by atoms with van der Waals surface area (Å²) < 4.78 is 5.03. The maximum absolute atomic E-state index is 11.9. The van der Waals surface area contributed by atoms with E-state index in [1.807, 2.05) is 0 Å². The Labute approximate surface area is 115 Å². The van der Waals surface area contributed by atoms with Gasteiger partial charge in [0.05, 0.1) is 0 Å². The number of nitrogens with one attached hydrogen (secondary N) is 1. The third-order valence-electron chi connectivity index (χ3n) is 2.35. The molecule has 0 unspecified atom stereocenters. The van der Waals surface area contributed by atoms with Crippen LogP contribution in [0.2, 0.25) is 0 Å². The number of anilines is 1. The zero-order chi connectivity index (χ0) is 14.4. The monoisotopic (exact) mass is 272 g/mol. The second-order valence-corrected chi connectivity index (χ2v) is 3.88. The topological polar surface area (TPSA) is 88.5 Å². The lowest BCUT2D eigenvalue weighted by molar-refractivity contribution is -0.139. The Morgan fingerprint density at radius 3 is 2.75 bits per heavy atom. The Morgan fingerprint density at radius 1 is 1.20 bits per heavy atom. The molecule has 0 aliphatic heterocycles. The summed E-state index contributed by atoms with van der Waals surface area (Å²) in [5.41, 5.74) is 0.799. The lowest BCUT2D eigenvalue weighted by Crippen LogP contribution is -2.13. The number of nitrogens with zero attached hydrogens (tertiary/aromatic N) is 1. The number of aromatic nitrogens is 1.